The molecule has 0 aromatic heterocycles. The van der Waals surface area contributed by atoms with Crippen molar-refractivity contribution in [3.8, 4) is 5.75 Å². The first kappa shape index (κ1) is 13.9. The number of carboxylic acids is 1. The minimum atomic E-state index is -1.62. The number of aryl methyl sites for hydroxylation is 1. The summed E-state index contributed by atoms with van der Waals surface area (Å²) >= 11 is 0. The zero-order valence-electron chi connectivity index (χ0n) is 11.3. The molecule has 1 aliphatic rings. The van der Waals surface area contributed by atoms with Crippen LogP contribution < -0.4 is 4.74 Å². The number of fused-ring (bicyclic) bond motifs is 1. The molecule has 2 N–H and O–H groups in total. The first-order valence-corrected chi connectivity index (χ1v) is 6.62. The molecule has 0 saturated heterocycles. The van der Waals surface area contributed by atoms with Crippen LogP contribution in [0.2, 0.25) is 0 Å². The van der Waals surface area contributed by atoms with E-state index < -0.39 is 11.6 Å². The number of methoxy groups -OCH3 is 1. The van der Waals surface area contributed by atoms with Gasteiger partial charge in [0.05, 0.1) is 7.11 Å². The molecule has 0 spiro atoms. The molecule has 1 aromatic carbocycles. The second kappa shape index (κ2) is 5.21. The predicted molar refractivity (Wildman–Crippen MR) is 71.4 cm³/mol. The van der Waals surface area contributed by atoms with Gasteiger partial charge >= 0.3 is 5.97 Å². The van der Waals surface area contributed by atoms with E-state index in [4.69, 9.17) is 4.74 Å². The summed E-state index contributed by atoms with van der Waals surface area (Å²) in [6.07, 6.45) is 2.32. The second-order valence-corrected chi connectivity index (χ2v) is 5.16. The molecule has 0 radical (unpaired) electrons. The second-order valence-electron chi connectivity index (χ2n) is 5.16. The van der Waals surface area contributed by atoms with Crippen molar-refractivity contribution in [2.24, 2.45) is 5.92 Å². The molecule has 4 nitrogen and oxygen atoms in total. The molecule has 2 atom stereocenters. The molecular formula is C15H20O4. The third kappa shape index (κ3) is 2.45. The molecule has 19 heavy (non-hydrogen) atoms. The van der Waals surface area contributed by atoms with Gasteiger partial charge in [0.15, 0.2) is 5.60 Å². The van der Waals surface area contributed by atoms with Crippen LogP contribution in [0.25, 0.3) is 0 Å². The molecule has 0 saturated carbocycles. The van der Waals surface area contributed by atoms with Crippen LogP contribution in [-0.4, -0.2) is 28.9 Å². The molecule has 4 heteroatoms. The SMILES string of the molecule is CCC(O)(C(=O)O)C1CCc2ccc(OC)cc2C1. The fourth-order valence-corrected chi connectivity index (χ4v) is 2.88. The van der Waals surface area contributed by atoms with Gasteiger partial charge in [0.25, 0.3) is 0 Å². The zero-order valence-corrected chi connectivity index (χ0v) is 11.3. The molecule has 0 fully saturated rings. The van der Waals surface area contributed by atoms with Crippen LogP contribution >= 0.6 is 0 Å². The summed E-state index contributed by atoms with van der Waals surface area (Å²) in [5.74, 6) is -0.587. The van der Waals surface area contributed by atoms with Crippen LogP contribution in [0.4, 0.5) is 0 Å². The predicted octanol–water partition coefficient (Wildman–Crippen LogP) is 2.03. The Kier molecular flexibility index (Phi) is 3.80. The average molecular weight is 264 g/mol. The lowest BCUT2D eigenvalue weighted by atomic mass is 9.73. The number of hydrogen-bond acceptors (Lipinski definition) is 3. The van der Waals surface area contributed by atoms with E-state index in [0.29, 0.717) is 12.8 Å². The molecule has 2 unspecified atom stereocenters. The van der Waals surface area contributed by atoms with E-state index in [1.807, 2.05) is 18.2 Å². The maximum atomic E-state index is 11.3. The number of carboxylic acid groups (broad SMARTS) is 1. The van der Waals surface area contributed by atoms with Crippen LogP contribution in [0.5, 0.6) is 5.75 Å². The van der Waals surface area contributed by atoms with Gasteiger partial charge in [-0.15, -0.1) is 0 Å². The normalized spacial score (nSPS) is 21.3. The van der Waals surface area contributed by atoms with Gasteiger partial charge in [0, 0.05) is 5.92 Å². The fraction of sp³-hybridized carbons (Fsp3) is 0.533. The van der Waals surface area contributed by atoms with Crippen LogP contribution in [0.15, 0.2) is 18.2 Å². The highest BCUT2D eigenvalue weighted by Crippen LogP contribution is 2.36. The third-order valence-corrected chi connectivity index (χ3v) is 4.23. The van der Waals surface area contributed by atoms with Crippen LogP contribution in [0.3, 0.4) is 0 Å². The Morgan fingerprint density at radius 1 is 1.47 bits per heavy atom. The lowest BCUT2D eigenvalue weighted by Gasteiger charge is -2.35. The Balaban J connectivity index is 2.28. The van der Waals surface area contributed by atoms with Crippen molar-refractivity contribution < 1.29 is 19.7 Å². The van der Waals surface area contributed by atoms with E-state index in [9.17, 15) is 15.0 Å². The van der Waals surface area contributed by atoms with Gasteiger partial charge < -0.3 is 14.9 Å². The van der Waals surface area contributed by atoms with Crippen LogP contribution in [-0.2, 0) is 17.6 Å². The maximum absolute atomic E-state index is 11.3. The molecule has 0 bridgehead atoms. The number of carbonyl (C=O) groups is 1. The molecule has 2 rings (SSSR count). The van der Waals surface area contributed by atoms with E-state index in [2.05, 4.69) is 0 Å². The molecular weight excluding hydrogens is 244 g/mol. The van der Waals surface area contributed by atoms with Crippen molar-refractivity contribution in [2.75, 3.05) is 7.11 Å². The highest BCUT2D eigenvalue weighted by molar-refractivity contribution is 5.77. The van der Waals surface area contributed by atoms with Gasteiger partial charge in [0.1, 0.15) is 5.75 Å². The topological polar surface area (TPSA) is 66.8 Å². The quantitative estimate of drug-likeness (QED) is 0.873. The standard InChI is InChI=1S/C15H20O4/c1-3-15(18,14(16)17)12-6-4-10-5-7-13(19-2)9-11(10)8-12/h5,7,9,12,18H,3-4,6,8H2,1-2H3,(H,16,17). The summed E-state index contributed by atoms with van der Waals surface area (Å²) < 4.78 is 5.20. The Morgan fingerprint density at radius 2 is 2.21 bits per heavy atom. The van der Waals surface area contributed by atoms with Gasteiger partial charge in [0.2, 0.25) is 0 Å². The molecule has 0 amide bonds. The third-order valence-electron chi connectivity index (χ3n) is 4.23. The van der Waals surface area contributed by atoms with E-state index >= 15 is 0 Å². The largest absolute Gasteiger partial charge is 0.497 e. The van der Waals surface area contributed by atoms with Crippen molar-refractivity contribution in [3.05, 3.63) is 29.3 Å². The number of aliphatic carboxylic acids is 1. The van der Waals surface area contributed by atoms with Crippen molar-refractivity contribution >= 4 is 5.97 Å². The summed E-state index contributed by atoms with van der Waals surface area (Å²) in [5, 5.41) is 19.6. The summed E-state index contributed by atoms with van der Waals surface area (Å²) in [7, 11) is 1.61. The number of ether oxygens (including phenoxy) is 1. The Hall–Kier alpha value is -1.55. The summed E-state index contributed by atoms with van der Waals surface area (Å²) in [4.78, 5) is 11.3. The minimum absolute atomic E-state index is 0.228. The van der Waals surface area contributed by atoms with Gasteiger partial charge in [-0.2, -0.15) is 0 Å². The van der Waals surface area contributed by atoms with Gasteiger partial charge in [-0.05, 0) is 48.9 Å². The maximum Gasteiger partial charge on any atom is 0.335 e. The summed E-state index contributed by atoms with van der Waals surface area (Å²) in [5.41, 5.74) is 0.686. The number of hydrogen-bond donors (Lipinski definition) is 2. The fourth-order valence-electron chi connectivity index (χ4n) is 2.88. The monoisotopic (exact) mass is 264 g/mol. The minimum Gasteiger partial charge on any atom is -0.497 e. The Bertz CT molecular complexity index is 483. The lowest BCUT2D eigenvalue weighted by molar-refractivity contribution is -0.166. The van der Waals surface area contributed by atoms with Crippen molar-refractivity contribution in [3.63, 3.8) is 0 Å². The number of benzene rings is 1. The van der Waals surface area contributed by atoms with Crippen LogP contribution in [0, 0.1) is 5.92 Å². The van der Waals surface area contributed by atoms with Crippen molar-refractivity contribution in [1.82, 2.24) is 0 Å². The van der Waals surface area contributed by atoms with E-state index in [1.54, 1.807) is 14.0 Å². The molecule has 0 aliphatic heterocycles. The molecule has 0 heterocycles. The molecule has 1 aliphatic carbocycles. The van der Waals surface area contributed by atoms with Crippen LogP contribution in [0.1, 0.15) is 30.9 Å². The van der Waals surface area contributed by atoms with E-state index in [1.165, 1.54) is 5.56 Å². The van der Waals surface area contributed by atoms with E-state index in [0.717, 1.165) is 17.7 Å². The number of aliphatic hydroxyl groups is 1. The highest BCUT2D eigenvalue weighted by Gasteiger charge is 2.43. The summed E-state index contributed by atoms with van der Waals surface area (Å²) in [6.45, 7) is 1.72. The van der Waals surface area contributed by atoms with Crippen molar-refractivity contribution in [2.45, 2.75) is 38.2 Å². The first-order chi connectivity index (χ1) is 9.01. The van der Waals surface area contributed by atoms with Gasteiger partial charge in [-0.25, -0.2) is 4.79 Å². The number of rotatable bonds is 4. The van der Waals surface area contributed by atoms with Crippen molar-refractivity contribution in [1.29, 1.82) is 0 Å². The smallest absolute Gasteiger partial charge is 0.335 e. The Morgan fingerprint density at radius 3 is 2.79 bits per heavy atom. The Labute approximate surface area is 113 Å². The first-order valence-electron chi connectivity index (χ1n) is 6.62. The zero-order chi connectivity index (χ0) is 14.0. The highest BCUT2D eigenvalue weighted by atomic mass is 16.5. The van der Waals surface area contributed by atoms with Gasteiger partial charge in [-0.1, -0.05) is 13.0 Å². The van der Waals surface area contributed by atoms with E-state index in [-0.39, 0.29) is 12.3 Å². The molecule has 104 valence electrons. The van der Waals surface area contributed by atoms with Gasteiger partial charge in [-0.3, -0.25) is 0 Å². The summed E-state index contributed by atoms with van der Waals surface area (Å²) in [6, 6.07) is 5.89. The molecule has 1 aromatic rings. The average Bonchev–Trinajstić information content (AvgIpc) is 2.44. The lowest BCUT2D eigenvalue weighted by Crippen LogP contribution is -2.47.